The summed E-state index contributed by atoms with van der Waals surface area (Å²) in [6.07, 6.45) is 3.28. The largest absolute Gasteiger partial charge is 0.497 e. The molecule has 2 heterocycles. The van der Waals surface area contributed by atoms with Crippen LogP contribution in [0.4, 0.5) is 5.69 Å². The standard InChI is InChI=1S/C31H33N3O2S/c1-36-28-14-8-24(9-15-28)30-18-12-27(34(30)26-10-16-29(37-2)17-11-26)13-19-31(35)33-22-20-32(21-23-33)25-6-4-3-5-7-25/h3-12,14-18H,13,19-23H2,1-2H3. The van der Waals surface area contributed by atoms with Crippen molar-refractivity contribution in [2.75, 3.05) is 44.4 Å². The fourth-order valence-electron chi connectivity index (χ4n) is 4.94. The van der Waals surface area contributed by atoms with E-state index in [2.05, 4.69) is 88.5 Å². The van der Waals surface area contributed by atoms with Gasteiger partial charge in [0.1, 0.15) is 5.75 Å². The van der Waals surface area contributed by atoms with Crippen LogP contribution in [0, 0.1) is 0 Å². The molecule has 0 N–H and O–H groups in total. The number of methoxy groups -OCH3 is 1. The Kier molecular flexibility index (Phi) is 7.85. The summed E-state index contributed by atoms with van der Waals surface area (Å²) in [7, 11) is 1.68. The molecular weight excluding hydrogens is 478 g/mol. The van der Waals surface area contributed by atoms with Crippen molar-refractivity contribution >= 4 is 23.4 Å². The summed E-state index contributed by atoms with van der Waals surface area (Å²) < 4.78 is 7.63. The van der Waals surface area contributed by atoms with Gasteiger partial charge in [-0.1, -0.05) is 18.2 Å². The lowest BCUT2D eigenvalue weighted by Gasteiger charge is -2.36. The van der Waals surface area contributed by atoms with Crippen molar-refractivity contribution in [3.8, 4) is 22.7 Å². The summed E-state index contributed by atoms with van der Waals surface area (Å²) in [6, 6.07) is 31.5. The van der Waals surface area contributed by atoms with Gasteiger partial charge in [-0.3, -0.25) is 4.79 Å². The Morgan fingerprint density at radius 2 is 1.51 bits per heavy atom. The summed E-state index contributed by atoms with van der Waals surface area (Å²) in [5.74, 6) is 1.06. The van der Waals surface area contributed by atoms with E-state index >= 15 is 0 Å². The van der Waals surface area contributed by atoms with Gasteiger partial charge in [0.05, 0.1) is 12.8 Å². The lowest BCUT2D eigenvalue weighted by Crippen LogP contribution is -2.48. The monoisotopic (exact) mass is 511 g/mol. The van der Waals surface area contributed by atoms with Gasteiger partial charge in [0.2, 0.25) is 5.91 Å². The fourth-order valence-corrected chi connectivity index (χ4v) is 5.35. The van der Waals surface area contributed by atoms with Crippen LogP contribution in [0.2, 0.25) is 0 Å². The first-order chi connectivity index (χ1) is 18.2. The SMILES string of the molecule is COc1ccc(-c2ccc(CCC(=O)N3CCN(c4ccccc4)CC3)n2-c2ccc(SC)cc2)cc1. The highest BCUT2D eigenvalue weighted by molar-refractivity contribution is 7.98. The summed E-state index contributed by atoms with van der Waals surface area (Å²) in [4.78, 5) is 18.8. The molecule has 1 aliphatic rings. The van der Waals surface area contributed by atoms with Gasteiger partial charge in [-0.05, 0) is 91.0 Å². The van der Waals surface area contributed by atoms with E-state index in [0.29, 0.717) is 12.8 Å². The number of para-hydroxylation sites is 1. The molecule has 1 aliphatic heterocycles. The fraction of sp³-hybridized carbons (Fsp3) is 0.258. The van der Waals surface area contributed by atoms with E-state index in [9.17, 15) is 4.79 Å². The third kappa shape index (κ3) is 5.70. The minimum Gasteiger partial charge on any atom is -0.497 e. The van der Waals surface area contributed by atoms with Crippen LogP contribution in [-0.2, 0) is 11.2 Å². The molecule has 1 aromatic heterocycles. The molecule has 0 bridgehead atoms. The maximum atomic E-state index is 13.2. The van der Waals surface area contributed by atoms with Crippen LogP contribution in [0.15, 0.2) is 95.9 Å². The Labute approximate surface area is 223 Å². The lowest BCUT2D eigenvalue weighted by molar-refractivity contribution is -0.131. The smallest absolute Gasteiger partial charge is 0.223 e. The molecule has 37 heavy (non-hydrogen) atoms. The van der Waals surface area contributed by atoms with Crippen LogP contribution in [0.25, 0.3) is 16.9 Å². The molecule has 1 saturated heterocycles. The van der Waals surface area contributed by atoms with E-state index in [0.717, 1.165) is 54.6 Å². The van der Waals surface area contributed by atoms with E-state index < -0.39 is 0 Å². The number of amides is 1. The van der Waals surface area contributed by atoms with E-state index in [4.69, 9.17) is 4.74 Å². The second kappa shape index (κ2) is 11.6. The minimum absolute atomic E-state index is 0.226. The predicted molar refractivity (Wildman–Crippen MR) is 153 cm³/mol. The molecule has 5 nitrogen and oxygen atoms in total. The number of benzene rings is 3. The van der Waals surface area contributed by atoms with E-state index in [1.165, 1.54) is 10.6 Å². The first kappa shape index (κ1) is 25.0. The van der Waals surface area contributed by atoms with Crippen molar-refractivity contribution in [2.45, 2.75) is 17.7 Å². The number of aryl methyl sites for hydroxylation is 1. The highest BCUT2D eigenvalue weighted by Crippen LogP contribution is 2.30. The van der Waals surface area contributed by atoms with Gasteiger partial charge in [-0.25, -0.2) is 0 Å². The normalized spacial score (nSPS) is 13.6. The molecule has 1 amide bonds. The summed E-state index contributed by atoms with van der Waals surface area (Å²) >= 11 is 1.74. The van der Waals surface area contributed by atoms with E-state index in [1.54, 1.807) is 18.9 Å². The Morgan fingerprint density at radius 3 is 2.16 bits per heavy atom. The second-order valence-corrected chi connectivity index (χ2v) is 10.1. The van der Waals surface area contributed by atoms with Crippen molar-refractivity contribution in [1.29, 1.82) is 0 Å². The number of hydrogen-bond acceptors (Lipinski definition) is 4. The van der Waals surface area contributed by atoms with E-state index in [1.807, 2.05) is 23.1 Å². The second-order valence-electron chi connectivity index (χ2n) is 9.18. The zero-order valence-corrected chi connectivity index (χ0v) is 22.3. The highest BCUT2D eigenvalue weighted by Gasteiger charge is 2.22. The number of anilines is 1. The topological polar surface area (TPSA) is 37.7 Å². The number of carbonyl (C=O) groups is 1. The first-order valence-corrected chi connectivity index (χ1v) is 14.0. The molecule has 0 atom stereocenters. The average Bonchev–Trinajstić information content (AvgIpc) is 3.40. The maximum absolute atomic E-state index is 13.2. The van der Waals surface area contributed by atoms with Gasteiger partial charge < -0.3 is 19.1 Å². The molecule has 0 unspecified atom stereocenters. The average molecular weight is 512 g/mol. The van der Waals surface area contributed by atoms with Crippen molar-refractivity contribution < 1.29 is 9.53 Å². The summed E-state index contributed by atoms with van der Waals surface area (Å²) in [5.41, 5.74) is 5.69. The van der Waals surface area contributed by atoms with Crippen LogP contribution in [0.5, 0.6) is 5.75 Å². The molecule has 4 aromatic rings. The number of ether oxygens (including phenoxy) is 1. The third-order valence-electron chi connectivity index (χ3n) is 7.03. The van der Waals surface area contributed by atoms with Crippen LogP contribution >= 0.6 is 11.8 Å². The molecule has 6 heteroatoms. The zero-order chi connectivity index (χ0) is 25.6. The van der Waals surface area contributed by atoms with Gasteiger partial charge in [0.15, 0.2) is 0 Å². The molecule has 3 aromatic carbocycles. The molecule has 190 valence electrons. The zero-order valence-electron chi connectivity index (χ0n) is 21.5. The maximum Gasteiger partial charge on any atom is 0.223 e. The summed E-state index contributed by atoms with van der Waals surface area (Å²) in [5, 5.41) is 0. The lowest BCUT2D eigenvalue weighted by atomic mass is 10.1. The quantitative estimate of drug-likeness (QED) is 0.266. The Hall–Kier alpha value is -3.64. The van der Waals surface area contributed by atoms with Gasteiger partial charge in [0, 0.05) is 54.6 Å². The van der Waals surface area contributed by atoms with Gasteiger partial charge >= 0.3 is 0 Å². The van der Waals surface area contributed by atoms with Crippen molar-refractivity contribution in [3.05, 3.63) is 96.7 Å². The number of piperazine rings is 1. The molecular formula is C31H33N3O2S. The molecule has 0 saturated carbocycles. The van der Waals surface area contributed by atoms with Crippen LogP contribution in [0.3, 0.4) is 0 Å². The number of nitrogens with zero attached hydrogens (tertiary/aromatic N) is 3. The van der Waals surface area contributed by atoms with E-state index in [-0.39, 0.29) is 5.91 Å². The summed E-state index contributed by atoms with van der Waals surface area (Å²) in [6.45, 7) is 3.27. The van der Waals surface area contributed by atoms with Crippen LogP contribution < -0.4 is 9.64 Å². The van der Waals surface area contributed by atoms with Gasteiger partial charge in [-0.2, -0.15) is 0 Å². The van der Waals surface area contributed by atoms with Crippen LogP contribution in [0.1, 0.15) is 12.1 Å². The molecule has 0 spiro atoms. The Bertz CT molecular complexity index is 1310. The van der Waals surface area contributed by atoms with Crippen molar-refractivity contribution in [3.63, 3.8) is 0 Å². The van der Waals surface area contributed by atoms with Gasteiger partial charge in [0.25, 0.3) is 0 Å². The third-order valence-corrected chi connectivity index (χ3v) is 7.77. The number of hydrogen-bond donors (Lipinski definition) is 0. The first-order valence-electron chi connectivity index (χ1n) is 12.7. The predicted octanol–water partition coefficient (Wildman–Crippen LogP) is 6.16. The molecule has 0 radical (unpaired) electrons. The molecule has 0 aliphatic carbocycles. The number of aromatic nitrogens is 1. The molecule has 1 fully saturated rings. The number of carbonyl (C=O) groups excluding carboxylic acids is 1. The van der Waals surface area contributed by atoms with Gasteiger partial charge in [-0.15, -0.1) is 11.8 Å². The number of rotatable bonds is 8. The number of thioether (sulfide) groups is 1. The molecule has 5 rings (SSSR count). The minimum atomic E-state index is 0.226. The Morgan fingerprint density at radius 1 is 0.811 bits per heavy atom. The van der Waals surface area contributed by atoms with Crippen LogP contribution in [-0.4, -0.2) is 54.9 Å². The van der Waals surface area contributed by atoms with Crippen molar-refractivity contribution in [2.24, 2.45) is 0 Å². The van der Waals surface area contributed by atoms with Crippen molar-refractivity contribution in [1.82, 2.24) is 9.47 Å². The Balaban J connectivity index is 1.32. The highest BCUT2D eigenvalue weighted by atomic mass is 32.2.